The molecular formula is C8H14N4O. The van der Waals surface area contributed by atoms with Crippen LogP contribution in [0.25, 0.3) is 0 Å². The summed E-state index contributed by atoms with van der Waals surface area (Å²) >= 11 is 0. The summed E-state index contributed by atoms with van der Waals surface area (Å²) in [5.74, 6) is 0.932. The van der Waals surface area contributed by atoms with Gasteiger partial charge in [0, 0.05) is 13.1 Å². The van der Waals surface area contributed by atoms with Crippen molar-refractivity contribution in [3.05, 3.63) is 12.2 Å². The minimum absolute atomic E-state index is 0.100. The van der Waals surface area contributed by atoms with Crippen molar-refractivity contribution in [1.82, 2.24) is 20.1 Å². The summed E-state index contributed by atoms with van der Waals surface area (Å²) < 4.78 is 1.89. The molecule has 13 heavy (non-hydrogen) atoms. The van der Waals surface area contributed by atoms with Gasteiger partial charge in [-0.15, -0.1) is 10.2 Å². The summed E-state index contributed by atoms with van der Waals surface area (Å²) in [5, 5.41) is 20.1. The average molecular weight is 182 g/mol. The van der Waals surface area contributed by atoms with Crippen LogP contribution < -0.4 is 5.32 Å². The van der Waals surface area contributed by atoms with Crippen LogP contribution in [-0.2, 0) is 13.6 Å². The number of aromatic nitrogens is 3. The molecule has 1 heterocycles. The molecule has 1 fully saturated rings. The van der Waals surface area contributed by atoms with Crippen LogP contribution in [0, 0.1) is 0 Å². The second kappa shape index (κ2) is 3.43. The van der Waals surface area contributed by atoms with Crippen molar-refractivity contribution in [1.29, 1.82) is 0 Å². The van der Waals surface area contributed by atoms with Crippen molar-refractivity contribution >= 4 is 0 Å². The Hall–Kier alpha value is -0.940. The molecule has 5 heteroatoms. The maximum absolute atomic E-state index is 9.06. The summed E-state index contributed by atoms with van der Waals surface area (Å²) in [6.07, 6.45) is 3.31. The van der Waals surface area contributed by atoms with Gasteiger partial charge < -0.3 is 15.0 Å². The topological polar surface area (TPSA) is 63.0 Å². The number of nitrogens with zero attached hydrogens (tertiary/aromatic N) is 3. The fraction of sp³-hybridized carbons (Fsp3) is 0.750. The predicted octanol–water partition coefficient (Wildman–Crippen LogP) is -0.572. The van der Waals surface area contributed by atoms with E-state index in [0.29, 0.717) is 6.04 Å². The first-order valence-corrected chi connectivity index (χ1v) is 4.50. The highest BCUT2D eigenvalue weighted by Crippen LogP contribution is 2.19. The summed E-state index contributed by atoms with van der Waals surface area (Å²) in [6, 6.07) is 0.451. The van der Waals surface area contributed by atoms with Gasteiger partial charge in [0.15, 0.2) is 0 Å². The lowest BCUT2D eigenvalue weighted by Crippen LogP contribution is -2.44. The first-order valence-electron chi connectivity index (χ1n) is 4.50. The van der Waals surface area contributed by atoms with Gasteiger partial charge in [0.2, 0.25) is 0 Å². The minimum atomic E-state index is -0.100. The van der Waals surface area contributed by atoms with Crippen LogP contribution in [0.3, 0.4) is 0 Å². The molecule has 2 rings (SSSR count). The second-order valence-electron chi connectivity index (χ2n) is 3.56. The standard InChI is InChI=1S/C8H14N4O/c1-12-5-10-11-8(12)4-9-6-2-7(13)3-6/h5-7,9,13H,2-4H2,1H3. The smallest absolute Gasteiger partial charge is 0.146 e. The molecule has 1 saturated carbocycles. The van der Waals surface area contributed by atoms with Crippen molar-refractivity contribution < 1.29 is 5.11 Å². The highest BCUT2D eigenvalue weighted by Gasteiger charge is 2.26. The van der Waals surface area contributed by atoms with Gasteiger partial charge in [0.25, 0.3) is 0 Å². The number of hydrogen-bond acceptors (Lipinski definition) is 4. The quantitative estimate of drug-likeness (QED) is 0.657. The van der Waals surface area contributed by atoms with Gasteiger partial charge in [-0.05, 0) is 12.8 Å². The van der Waals surface area contributed by atoms with E-state index in [1.54, 1.807) is 6.33 Å². The number of hydrogen-bond donors (Lipinski definition) is 2. The average Bonchev–Trinajstić information content (AvgIpc) is 2.43. The number of nitrogens with one attached hydrogen (secondary N) is 1. The van der Waals surface area contributed by atoms with E-state index in [9.17, 15) is 0 Å². The van der Waals surface area contributed by atoms with Crippen molar-refractivity contribution in [3.63, 3.8) is 0 Å². The van der Waals surface area contributed by atoms with Gasteiger partial charge in [-0.25, -0.2) is 0 Å². The largest absolute Gasteiger partial charge is 0.393 e. The van der Waals surface area contributed by atoms with Crippen LogP contribution in [0.5, 0.6) is 0 Å². The van der Waals surface area contributed by atoms with Crippen molar-refractivity contribution in [2.24, 2.45) is 7.05 Å². The Labute approximate surface area is 76.8 Å². The zero-order valence-corrected chi connectivity index (χ0v) is 7.64. The Balaban J connectivity index is 1.77. The predicted molar refractivity (Wildman–Crippen MR) is 46.9 cm³/mol. The SMILES string of the molecule is Cn1cnnc1CNC1CC(O)C1. The summed E-state index contributed by atoms with van der Waals surface area (Å²) in [5.41, 5.74) is 0. The molecule has 0 aliphatic heterocycles. The van der Waals surface area contributed by atoms with Crippen molar-refractivity contribution in [3.8, 4) is 0 Å². The van der Waals surface area contributed by atoms with Crippen molar-refractivity contribution in [2.45, 2.75) is 31.5 Å². The fourth-order valence-electron chi connectivity index (χ4n) is 1.46. The number of rotatable bonds is 3. The van der Waals surface area contributed by atoms with Crippen LogP contribution in [0.2, 0.25) is 0 Å². The van der Waals surface area contributed by atoms with Gasteiger partial charge in [0.05, 0.1) is 12.6 Å². The third kappa shape index (κ3) is 1.87. The monoisotopic (exact) mass is 182 g/mol. The molecule has 0 amide bonds. The Bertz CT molecular complexity index is 279. The normalized spacial score (nSPS) is 27.2. The zero-order chi connectivity index (χ0) is 9.26. The molecule has 1 aromatic heterocycles. The summed E-state index contributed by atoms with van der Waals surface area (Å²) in [6.45, 7) is 0.730. The molecule has 0 unspecified atom stereocenters. The maximum Gasteiger partial charge on any atom is 0.146 e. The Morgan fingerprint density at radius 2 is 2.46 bits per heavy atom. The maximum atomic E-state index is 9.06. The van der Waals surface area contributed by atoms with E-state index in [1.807, 2.05) is 11.6 Å². The number of aliphatic hydroxyl groups excluding tert-OH is 1. The molecule has 72 valence electrons. The molecule has 1 aliphatic rings. The van der Waals surface area contributed by atoms with E-state index in [0.717, 1.165) is 25.2 Å². The fourth-order valence-corrected chi connectivity index (χ4v) is 1.46. The number of aliphatic hydroxyl groups is 1. The van der Waals surface area contributed by atoms with Gasteiger partial charge in [-0.3, -0.25) is 0 Å². The lowest BCUT2D eigenvalue weighted by atomic mass is 9.89. The van der Waals surface area contributed by atoms with Crippen LogP contribution >= 0.6 is 0 Å². The van der Waals surface area contributed by atoms with Crippen LogP contribution in [-0.4, -0.2) is 32.0 Å². The molecule has 0 radical (unpaired) electrons. The van der Waals surface area contributed by atoms with E-state index in [1.165, 1.54) is 0 Å². The van der Waals surface area contributed by atoms with E-state index >= 15 is 0 Å². The molecule has 1 aromatic rings. The third-order valence-electron chi connectivity index (χ3n) is 2.47. The third-order valence-corrected chi connectivity index (χ3v) is 2.47. The first-order chi connectivity index (χ1) is 6.25. The molecule has 0 atom stereocenters. The van der Waals surface area contributed by atoms with Crippen LogP contribution in [0.15, 0.2) is 6.33 Å². The first kappa shape index (κ1) is 8.65. The highest BCUT2D eigenvalue weighted by atomic mass is 16.3. The molecule has 0 saturated heterocycles. The molecule has 2 N–H and O–H groups in total. The minimum Gasteiger partial charge on any atom is -0.393 e. The van der Waals surface area contributed by atoms with Crippen LogP contribution in [0.4, 0.5) is 0 Å². The van der Waals surface area contributed by atoms with E-state index < -0.39 is 0 Å². The molecule has 0 spiro atoms. The molecule has 0 bridgehead atoms. The van der Waals surface area contributed by atoms with E-state index in [2.05, 4.69) is 15.5 Å². The summed E-state index contributed by atoms with van der Waals surface area (Å²) in [7, 11) is 1.92. The van der Waals surface area contributed by atoms with Crippen LogP contribution in [0.1, 0.15) is 18.7 Å². The Kier molecular flexibility index (Phi) is 2.28. The molecule has 5 nitrogen and oxygen atoms in total. The summed E-state index contributed by atoms with van der Waals surface area (Å²) in [4.78, 5) is 0. The van der Waals surface area contributed by atoms with Crippen molar-refractivity contribution in [2.75, 3.05) is 0 Å². The van der Waals surface area contributed by atoms with Gasteiger partial charge >= 0.3 is 0 Å². The lowest BCUT2D eigenvalue weighted by Gasteiger charge is -2.31. The van der Waals surface area contributed by atoms with E-state index in [4.69, 9.17) is 5.11 Å². The zero-order valence-electron chi connectivity index (χ0n) is 7.64. The Morgan fingerprint density at radius 1 is 1.69 bits per heavy atom. The van der Waals surface area contributed by atoms with Gasteiger partial charge in [-0.2, -0.15) is 0 Å². The van der Waals surface area contributed by atoms with Gasteiger partial charge in [-0.1, -0.05) is 0 Å². The van der Waals surface area contributed by atoms with Gasteiger partial charge in [0.1, 0.15) is 12.2 Å². The molecule has 0 aromatic carbocycles. The lowest BCUT2D eigenvalue weighted by molar-refractivity contribution is 0.0615. The molecule has 1 aliphatic carbocycles. The second-order valence-corrected chi connectivity index (χ2v) is 3.56. The van der Waals surface area contributed by atoms with E-state index in [-0.39, 0.29) is 6.10 Å². The molecular weight excluding hydrogens is 168 g/mol. The number of aryl methyl sites for hydroxylation is 1. The Morgan fingerprint density at radius 3 is 3.00 bits per heavy atom. The highest BCUT2D eigenvalue weighted by molar-refractivity contribution is 4.89.